The summed E-state index contributed by atoms with van der Waals surface area (Å²) in [4.78, 5) is 5.52. The van der Waals surface area contributed by atoms with Gasteiger partial charge >= 0.3 is 0 Å². The third-order valence-electron chi connectivity index (χ3n) is 2.08. The number of nitrogens with zero attached hydrogens (tertiary/aromatic N) is 2. The van der Waals surface area contributed by atoms with Gasteiger partial charge in [0.15, 0.2) is 0 Å². The fourth-order valence-corrected chi connectivity index (χ4v) is 1.94. The van der Waals surface area contributed by atoms with Gasteiger partial charge in [0.1, 0.15) is 0 Å². The molecule has 0 bridgehead atoms. The van der Waals surface area contributed by atoms with Crippen LogP contribution in [0, 0.1) is 6.07 Å². The summed E-state index contributed by atoms with van der Waals surface area (Å²) in [5, 5.41) is 0. The van der Waals surface area contributed by atoms with Crippen molar-refractivity contribution in [1.29, 1.82) is 0 Å². The Morgan fingerprint density at radius 3 is 2.87 bits per heavy atom. The maximum atomic E-state index is 4.31. The number of imidazole rings is 1. The Labute approximate surface area is 119 Å². The molecule has 0 unspecified atom stereocenters. The van der Waals surface area contributed by atoms with Crippen LogP contribution in [0.3, 0.4) is 0 Å². The third-order valence-corrected chi connectivity index (χ3v) is 2.86. The molecule has 1 radical (unpaired) electrons. The van der Waals surface area contributed by atoms with Gasteiger partial charge in [0.25, 0.3) is 0 Å². The van der Waals surface area contributed by atoms with Crippen molar-refractivity contribution in [3.05, 3.63) is 36.7 Å². The number of hydrogen-bond donors (Lipinski definition) is 0. The summed E-state index contributed by atoms with van der Waals surface area (Å²) < 4.78 is 2.01. The molecule has 0 spiro atoms. The van der Waals surface area contributed by atoms with Crippen LogP contribution in [0.15, 0.2) is 35.5 Å². The molecule has 75 valence electrons. The molecule has 0 saturated heterocycles. The predicted molar refractivity (Wildman–Crippen MR) is 57.0 cm³/mol. The summed E-state index contributed by atoms with van der Waals surface area (Å²) >= 11 is 1.72. The van der Waals surface area contributed by atoms with Crippen LogP contribution in [0.4, 0.5) is 0 Å². The van der Waals surface area contributed by atoms with Crippen LogP contribution in [-0.2, 0) is 39.8 Å². The van der Waals surface area contributed by atoms with Gasteiger partial charge in [-0.05, 0) is 6.26 Å². The molecule has 0 aliphatic carbocycles. The van der Waals surface area contributed by atoms with Gasteiger partial charge in [-0.1, -0.05) is 10.5 Å². The summed E-state index contributed by atoms with van der Waals surface area (Å²) in [6, 6.07) is 9.23. The van der Waals surface area contributed by atoms with E-state index in [9.17, 15) is 0 Å². The first-order valence-corrected chi connectivity index (χ1v) is 5.58. The number of thioether (sulfide) groups is 1. The first-order chi connectivity index (χ1) is 6.83. The molecule has 0 aliphatic rings. The number of aryl methyl sites for hydroxylation is 1. The Hall–Kier alpha value is -0.116. The minimum absolute atomic E-state index is 0. The molecule has 0 atom stereocenters. The monoisotopic (exact) mass is 292 g/mol. The fourth-order valence-electron chi connectivity index (χ4n) is 1.37. The quantitative estimate of drug-likeness (QED) is 0.476. The van der Waals surface area contributed by atoms with E-state index in [4.69, 9.17) is 0 Å². The summed E-state index contributed by atoms with van der Waals surface area (Å²) in [5.41, 5.74) is 1.08. The van der Waals surface area contributed by atoms with Crippen molar-refractivity contribution in [1.82, 2.24) is 4.98 Å². The molecule has 2 nitrogen and oxygen atoms in total. The maximum absolute atomic E-state index is 4.31. The van der Waals surface area contributed by atoms with Gasteiger partial charge in [0, 0.05) is 52.2 Å². The molecule has 0 saturated carbocycles. The Balaban J connectivity index is 0.00000112. The Morgan fingerprint density at radius 1 is 1.47 bits per heavy atom. The molecular weight excluding hydrogens is 281 g/mol. The van der Waals surface area contributed by atoms with Crippen LogP contribution in [0.5, 0.6) is 0 Å². The van der Waals surface area contributed by atoms with E-state index < -0.39 is 0 Å². The number of hydrogen-bond acceptors (Lipinski definition) is 1. The van der Waals surface area contributed by atoms with Gasteiger partial charge in [0.2, 0.25) is 0 Å². The van der Waals surface area contributed by atoms with Gasteiger partial charge in [0.05, 0.1) is 5.82 Å². The van der Waals surface area contributed by atoms with Gasteiger partial charge in [-0.15, -0.1) is 24.3 Å². The van der Waals surface area contributed by atoms with E-state index in [-0.39, 0.29) is 32.7 Å². The summed E-state index contributed by atoms with van der Waals surface area (Å²) in [7, 11) is 1.99. The van der Waals surface area contributed by atoms with Crippen LogP contribution >= 0.6 is 11.8 Å². The summed E-state index contributed by atoms with van der Waals surface area (Å²) in [6.07, 6.45) is 5.82. The maximum Gasteiger partial charge on any atom is 0.0566 e. The van der Waals surface area contributed by atoms with Crippen molar-refractivity contribution in [3.63, 3.8) is 0 Å². The normalized spacial score (nSPS) is 9.73. The molecule has 1 aromatic heterocycles. The number of benzene rings is 1. The van der Waals surface area contributed by atoms with Crippen LogP contribution < -0.4 is 9.55 Å². The van der Waals surface area contributed by atoms with E-state index in [2.05, 4.69) is 23.4 Å². The van der Waals surface area contributed by atoms with Crippen molar-refractivity contribution in [2.75, 3.05) is 6.26 Å². The molecule has 0 fully saturated rings. The van der Waals surface area contributed by atoms with E-state index >= 15 is 0 Å². The minimum Gasteiger partial charge on any atom is -0.373 e. The molecule has 2 rings (SSSR count). The second-order valence-corrected chi connectivity index (χ2v) is 3.82. The Bertz CT molecular complexity index is 440. The molecule has 0 amide bonds. The SMILES string of the molecule is CSc1ccc[c-]c1-c1[n-]cc[n+]1C.[Y]. The van der Waals surface area contributed by atoms with Gasteiger partial charge in [-0.3, -0.25) is 4.98 Å². The standard InChI is InChI=1S/C11H11N2S.Y/c1-13-8-7-12-11(13)9-5-3-4-6-10(9)14-2;/h3-4,6-8H,1-2H3;/q-1;. The summed E-state index contributed by atoms with van der Waals surface area (Å²) in [5.74, 6) is 0.968. The van der Waals surface area contributed by atoms with E-state index in [1.807, 2.05) is 29.9 Å². The van der Waals surface area contributed by atoms with E-state index in [0.717, 1.165) is 11.4 Å². The second-order valence-electron chi connectivity index (χ2n) is 2.98. The first-order valence-electron chi connectivity index (χ1n) is 4.35. The van der Waals surface area contributed by atoms with Crippen molar-refractivity contribution in [2.45, 2.75) is 4.90 Å². The van der Waals surface area contributed by atoms with Crippen LogP contribution in [0.2, 0.25) is 0 Å². The van der Waals surface area contributed by atoms with Crippen molar-refractivity contribution >= 4 is 11.8 Å². The van der Waals surface area contributed by atoms with E-state index in [1.54, 1.807) is 18.0 Å². The van der Waals surface area contributed by atoms with Crippen molar-refractivity contribution in [3.8, 4) is 11.4 Å². The Kier molecular flexibility index (Phi) is 5.03. The number of aromatic nitrogens is 2. The second kappa shape index (κ2) is 5.83. The molecule has 1 heterocycles. The van der Waals surface area contributed by atoms with E-state index in [0.29, 0.717) is 0 Å². The average molecular weight is 292 g/mol. The number of rotatable bonds is 2. The minimum atomic E-state index is 0. The molecule has 15 heavy (non-hydrogen) atoms. The zero-order chi connectivity index (χ0) is 9.97. The molecule has 1 aromatic carbocycles. The topological polar surface area (TPSA) is 18.0 Å². The van der Waals surface area contributed by atoms with Crippen LogP contribution in [0.1, 0.15) is 0 Å². The van der Waals surface area contributed by atoms with E-state index in [1.165, 1.54) is 4.90 Å². The van der Waals surface area contributed by atoms with Crippen LogP contribution in [-0.4, -0.2) is 6.26 Å². The first kappa shape index (κ1) is 13.0. The van der Waals surface area contributed by atoms with Crippen LogP contribution in [0.25, 0.3) is 11.4 Å². The molecule has 4 heteroatoms. The summed E-state index contributed by atoms with van der Waals surface area (Å²) in [6.45, 7) is 0. The zero-order valence-electron chi connectivity index (χ0n) is 8.77. The largest absolute Gasteiger partial charge is 0.373 e. The zero-order valence-corrected chi connectivity index (χ0v) is 12.4. The van der Waals surface area contributed by atoms with Crippen molar-refractivity contribution < 1.29 is 37.3 Å². The smallest absolute Gasteiger partial charge is 0.0566 e. The third kappa shape index (κ3) is 2.71. The van der Waals surface area contributed by atoms with Gasteiger partial charge in [-0.25, -0.2) is 0 Å². The average Bonchev–Trinajstić information content (AvgIpc) is 2.64. The Morgan fingerprint density at radius 2 is 2.27 bits per heavy atom. The van der Waals surface area contributed by atoms with Crippen molar-refractivity contribution in [2.24, 2.45) is 7.05 Å². The van der Waals surface area contributed by atoms with Gasteiger partial charge < -0.3 is 4.57 Å². The molecule has 2 aromatic rings. The molecule has 0 aliphatic heterocycles. The molecule has 0 N–H and O–H groups in total. The fraction of sp³-hybridized carbons (Fsp3) is 0.182. The molecular formula is C11H11N2SY-. The predicted octanol–water partition coefficient (Wildman–Crippen LogP) is 1.65. The van der Waals surface area contributed by atoms with Gasteiger partial charge in [-0.2, -0.15) is 11.8 Å².